The topological polar surface area (TPSA) is 50.4 Å². The number of benzene rings is 3. The first-order valence-corrected chi connectivity index (χ1v) is 7.77. The van der Waals surface area contributed by atoms with E-state index in [0.717, 1.165) is 5.56 Å². The second-order valence-corrected chi connectivity index (χ2v) is 5.53. The largest absolute Gasteiger partial charge is 0.457 e. The molecule has 0 aliphatic carbocycles. The van der Waals surface area contributed by atoms with E-state index in [2.05, 4.69) is 10.6 Å². The van der Waals surface area contributed by atoms with Crippen LogP contribution < -0.4 is 15.4 Å². The van der Waals surface area contributed by atoms with E-state index in [1.165, 1.54) is 18.2 Å². The fourth-order valence-electron chi connectivity index (χ4n) is 2.24. The fourth-order valence-corrected chi connectivity index (χ4v) is 2.24. The molecule has 0 saturated carbocycles. The molecule has 0 saturated heterocycles. The molecule has 0 spiro atoms. The molecule has 2 amide bonds. The van der Waals surface area contributed by atoms with Gasteiger partial charge in [-0.1, -0.05) is 29.8 Å². The molecule has 5 heteroatoms. The highest BCUT2D eigenvalue weighted by atomic mass is 19.1. The van der Waals surface area contributed by atoms with Gasteiger partial charge in [-0.15, -0.1) is 0 Å². The van der Waals surface area contributed by atoms with Crippen molar-refractivity contribution in [1.29, 1.82) is 0 Å². The molecule has 4 nitrogen and oxygen atoms in total. The number of aryl methyl sites for hydroxylation is 1. The Morgan fingerprint density at radius 2 is 1.48 bits per heavy atom. The Balaban J connectivity index is 1.64. The second kappa shape index (κ2) is 7.49. The molecular formula is C20H17FN2O2. The monoisotopic (exact) mass is 336 g/mol. The van der Waals surface area contributed by atoms with Crippen LogP contribution in [0.5, 0.6) is 11.5 Å². The van der Waals surface area contributed by atoms with Gasteiger partial charge in [-0.05, 0) is 49.4 Å². The van der Waals surface area contributed by atoms with E-state index in [1.54, 1.807) is 30.3 Å². The Morgan fingerprint density at radius 1 is 0.840 bits per heavy atom. The van der Waals surface area contributed by atoms with Gasteiger partial charge in [-0.25, -0.2) is 9.18 Å². The highest BCUT2D eigenvalue weighted by Gasteiger charge is 2.05. The summed E-state index contributed by atoms with van der Waals surface area (Å²) in [4.78, 5) is 12.0. The zero-order valence-corrected chi connectivity index (χ0v) is 13.6. The van der Waals surface area contributed by atoms with Crippen molar-refractivity contribution >= 4 is 17.4 Å². The summed E-state index contributed by atoms with van der Waals surface area (Å²) in [5, 5.41) is 5.27. The first kappa shape index (κ1) is 16.5. The Morgan fingerprint density at radius 3 is 2.16 bits per heavy atom. The number of ether oxygens (including phenoxy) is 1. The molecule has 0 aliphatic heterocycles. The van der Waals surface area contributed by atoms with Crippen molar-refractivity contribution in [3.05, 3.63) is 84.2 Å². The highest BCUT2D eigenvalue weighted by Crippen LogP contribution is 2.24. The quantitative estimate of drug-likeness (QED) is 0.654. The third-order valence-electron chi connectivity index (χ3n) is 3.43. The first-order chi connectivity index (χ1) is 12.1. The fraction of sp³-hybridized carbons (Fsp3) is 0.0500. The number of halogens is 1. The number of hydrogen-bond acceptors (Lipinski definition) is 2. The van der Waals surface area contributed by atoms with Crippen LogP contribution in [0.2, 0.25) is 0 Å². The second-order valence-electron chi connectivity index (χ2n) is 5.53. The molecule has 0 fully saturated rings. The third-order valence-corrected chi connectivity index (χ3v) is 3.43. The Kier molecular flexibility index (Phi) is 4.95. The van der Waals surface area contributed by atoms with Crippen LogP contribution in [0.15, 0.2) is 72.8 Å². The maximum Gasteiger partial charge on any atom is 0.323 e. The average molecular weight is 336 g/mol. The zero-order chi connectivity index (χ0) is 17.6. The standard InChI is InChI=1S/C20H17FN2O2/c1-14-8-10-18(11-9-14)25-19-7-3-6-17(13-19)23-20(24)22-16-5-2-4-15(21)12-16/h2-13H,1H3,(H2,22,23,24). The van der Waals surface area contributed by atoms with Gasteiger partial charge in [-0.2, -0.15) is 0 Å². The van der Waals surface area contributed by atoms with E-state index >= 15 is 0 Å². The summed E-state index contributed by atoms with van der Waals surface area (Å²) in [5.41, 5.74) is 2.10. The molecule has 3 aromatic rings. The first-order valence-electron chi connectivity index (χ1n) is 7.77. The Bertz CT molecular complexity index is 879. The minimum atomic E-state index is -0.460. The van der Waals surface area contributed by atoms with Crippen molar-refractivity contribution in [2.45, 2.75) is 6.92 Å². The molecule has 3 rings (SSSR count). The number of urea groups is 1. The van der Waals surface area contributed by atoms with E-state index < -0.39 is 11.8 Å². The van der Waals surface area contributed by atoms with Gasteiger partial charge in [0.1, 0.15) is 17.3 Å². The van der Waals surface area contributed by atoms with Crippen LogP contribution in [0.3, 0.4) is 0 Å². The van der Waals surface area contributed by atoms with Crippen LogP contribution in [0.25, 0.3) is 0 Å². The molecular weight excluding hydrogens is 319 g/mol. The summed E-state index contributed by atoms with van der Waals surface area (Å²) in [6.45, 7) is 2.01. The van der Waals surface area contributed by atoms with Gasteiger partial charge >= 0.3 is 6.03 Å². The van der Waals surface area contributed by atoms with Gasteiger partial charge < -0.3 is 15.4 Å². The molecule has 2 N–H and O–H groups in total. The lowest BCUT2D eigenvalue weighted by Gasteiger charge is -2.10. The smallest absolute Gasteiger partial charge is 0.323 e. The predicted molar refractivity (Wildman–Crippen MR) is 96.7 cm³/mol. The maximum absolute atomic E-state index is 13.1. The van der Waals surface area contributed by atoms with Gasteiger partial charge in [0.05, 0.1) is 0 Å². The third kappa shape index (κ3) is 4.81. The number of carbonyl (C=O) groups is 1. The molecule has 0 aliphatic rings. The molecule has 0 aromatic heterocycles. The number of nitrogens with one attached hydrogen (secondary N) is 2. The Labute approximate surface area is 145 Å². The number of carbonyl (C=O) groups excluding carboxylic acids is 1. The summed E-state index contributed by atoms with van der Waals surface area (Å²) in [6.07, 6.45) is 0. The molecule has 0 bridgehead atoms. The van der Waals surface area contributed by atoms with Crippen LogP contribution >= 0.6 is 0 Å². The van der Waals surface area contributed by atoms with E-state index in [-0.39, 0.29) is 0 Å². The summed E-state index contributed by atoms with van der Waals surface area (Å²) in [6, 6.07) is 20.0. The van der Waals surface area contributed by atoms with Crippen molar-refractivity contribution in [2.24, 2.45) is 0 Å². The number of anilines is 2. The van der Waals surface area contributed by atoms with Gasteiger partial charge in [0.25, 0.3) is 0 Å². The van der Waals surface area contributed by atoms with E-state index in [1.807, 2.05) is 31.2 Å². The van der Waals surface area contributed by atoms with Crippen LogP contribution in [-0.2, 0) is 0 Å². The number of hydrogen-bond donors (Lipinski definition) is 2. The van der Waals surface area contributed by atoms with Crippen LogP contribution in [0, 0.1) is 12.7 Å². The normalized spacial score (nSPS) is 10.2. The van der Waals surface area contributed by atoms with Gasteiger partial charge in [0.2, 0.25) is 0 Å². The van der Waals surface area contributed by atoms with E-state index in [0.29, 0.717) is 22.9 Å². The molecule has 25 heavy (non-hydrogen) atoms. The molecule has 0 atom stereocenters. The van der Waals surface area contributed by atoms with Crippen LogP contribution in [0.4, 0.5) is 20.6 Å². The average Bonchev–Trinajstić information content (AvgIpc) is 2.57. The van der Waals surface area contributed by atoms with Crippen LogP contribution in [0.1, 0.15) is 5.56 Å². The maximum atomic E-state index is 13.1. The van der Waals surface area contributed by atoms with Crippen molar-refractivity contribution in [2.75, 3.05) is 10.6 Å². The lowest BCUT2D eigenvalue weighted by Crippen LogP contribution is -2.19. The van der Waals surface area contributed by atoms with Crippen molar-refractivity contribution in [1.82, 2.24) is 0 Å². The predicted octanol–water partition coefficient (Wildman–Crippen LogP) is 5.57. The van der Waals surface area contributed by atoms with Gasteiger partial charge in [0.15, 0.2) is 0 Å². The van der Waals surface area contributed by atoms with E-state index in [9.17, 15) is 9.18 Å². The van der Waals surface area contributed by atoms with E-state index in [4.69, 9.17) is 4.74 Å². The zero-order valence-electron chi connectivity index (χ0n) is 13.6. The van der Waals surface area contributed by atoms with Crippen molar-refractivity contribution in [3.8, 4) is 11.5 Å². The molecule has 0 unspecified atom stereocenters. The number of rotatable bonds is 4. The SMILES string of the molecule is Cc1ccc(Oc2cccc(NC(=O)Nc3cccc(F)c3)c2)cc1. The summed E-state index contributed by atoms with van der Waals surface area (Å²) >= 11 is 0. The molecule has 126 valence electrons. The summed E-state index contributed by atoms with van der Waals surface area (Å²) in [5.74, 6) is 0.908. The summed E-state index contributed by atoms with van der Waals surface area (Å²) in [7, 11) is 0. The molecule has 0 radical (unpaired) electrons. The van der Waals surface area contributed by atoms with Gasteiger partial charge in [-0.3, -0.25) is 0 Å². The minimum absolute atomic E-state index is 0.379. The molecule has 0 heterocycles. The highest BCUT2D eigenvalue weighted by molar-refractivity contribution is 5.99. The lowest BCUT2D eigenvalue weighted by atomic mass is 10.2. The van der Waals surface area contributed by atoms with Gasteiger partial charge in [0, 0.05) is 17.4 Å². The minimum Gasteiger partial charge on any atom is -0.457 e. The van der Waals surface area contributed by atoms with Crippen molar-refractivity contribution in [3.63, 3.8) is 0 Å². The van der Waals surface area contributed by atoms with Crippen molar-refractivity contribution < 1.29 is 13.9 Å². The molecule has 3 aromatic carbocycles. The lowest BCUT2D eigenvalue weighted by molar-refractivity contribution is 0.262. The summed E-state index contributed by atoms with van der Waals surface area (Å²) < 4.78 is 18.9. The van der Waals surface area contributed by atoms with Crippen LogP contribution in [-0.4, -0.2) is 6.03 Å². The number of amides is 2. The Hall–Kier alpha value is -3.34.